The van der Waals surface area contributed by atoms with E-state index < -0.39 is 0 Å². The van der Waals surface area contributed by atoms with E-state index in [9.17, 15) is 5.11 Å². The van der Waals surface area contributed by atoms with Gasteiger partial charge in [-0.3, -0.25) is 0 Å². The number of phenolic OH excluding ortho intramolecular Hbond substituents is 1. The molecule has 0 aliphatic heterocycles. The Hall–Kier alpha value is -1.39. The molecule has 0 amide bonds. The van der Waals surface area contributed by atoms with Crippen LogP contribution in [0.5, 0.6) is 5.75 Å². The predicted molar refractivity (Wildman–Crippen MR) is 74.9 cm³/mol. The summed E-state index contributed by atoms with van der Waals surface area (Å²) in [5.74, 6) is 0.340. The molecule has 2 N–H and O–H groups in total. The van der Waals surface area contributed by atoms with Gasteiger partial charge >= 0.3 is 0 Å². The predicted octanol–water partition coefficient (Wildman–Crippen LogP) is 3.57. The monoisotopic (exact) mass is 262 g/mol. The minimum Gasteiger partial charge on any atom is -0.508 e. The molecule has 1 aromatic heterocycles. The molecule has 18 heavy (non-hydrogen) atoms. The highest BCUT2D eigenvalue weighted by Gasteiger charge is 2.15. The number of phenols is 1. The molecule has 2 rings (SSSR count). The smallest absolute Gasteiger partial charge is 0.120 e. The van der Waals surface area contributed by atoms with Crippen LogP contribution in [0.15, 0.2) is 29.8 Å². The van der Waals surface area contributed by atoms with Gasteiger partial charge in [0, 0.05) is 23.2 Å². The van der Waals surface area contributed by atoms with Gasteiger partial charge in [0.2, 0.25) is 0 Å². The van der Waals surface area contributed by atoms with Crippen molar-refractivity contribution in [2.24, 2.45) is 0 Å². The molecule has 0 spiro atoms. The van der Waals surface area contributed by atoms with Crippen LogP contribution in [-0.4, -0.2) is 10.1 Å². The first-order valence-electron chi connectivity index (χ1n) is 6.03. The van der Waals surface area contributed by atoms with E-state index in [0.29, 0.717) is 5.75 Å². The van der Waals surface area contributed by atoms with Gasteiger partial charge in [-0.15, -0.1) is 11.3 Å². The van der Waals surface area contributed by atoms with E-state index in [1.807, 2.05) is 30.6 Å². The van der Waals surface area contributed by atoms with Crippen LogP contribution < -0.4 is 5.32 Å². The molecule has 2 aromatic rings. The zero-order valence-corrected chi connectivity index (χ0v) is 11.7. The molecular formula is C14H18N2OS. The summed E-state index contributed by atoms with van der Waals surface area (Å²) in [6.45, 7) is 6.17. The van der Waals surface area contributed by atoms with Crippen molar-refractivity contribution >= 4 is 11.3 Å². The van der Waals surface area contributed by atoms with E-state index >= 15 is 0 Å². The van der Waals surface area contributed by atoms with Gasteiger partial charge in [0.15, 0.2) is 0 Å². The summed E-state index contributed by atoms with van der Waals surface area (Å²) in [7, 11) is 0. The normalized spacial score (nSPS) is 14.4. The van der Waals surface area contributed by atoms with E-state index in [4.69, 9.17) is 0 Å². The standard InChI is InChI=1S/C14H18N2OS/c1-9-4-5-13(17)12(8-9)10(2)16-11(3)14-15-6-7-18-14/h4-8,10-11,16-17H,1-3H3. The maximum absolute atomic E-state index is 9.90. The second-order valence-electron chi connectivity index (χ2n) is 4.54. The van der Waals surface area contributed by atoms with E-state index in [1.165, 1.54) is 0 Å². The van der Waals surface area contributed by atoms with Crippen LogP contribution in [0.1, 0.15) is 42.1 Å². The lowest BCUT2D eigenvalue weighted by molar-refractivity contribution is 0.438. The van der Waals surface area contributed by atoms with E-state index in [-0.39, 0.29) is 12.1 Å². The molecule has 0 radical (unpaired) electrons. The molecule has 4 heteroatoms. The second kappa shape index (κ2) is 5.50. The summed E-state index contributed by atoms with van der Waals surface area (Å²) in [5.41, 5.74) is 2.08. The number of hydrogen-bond acceptors (Lipinski definition) is 4. The number of nitrogens with zero attached hydrogens (tertiary/aromatic N) is 1. The molecule has 3 nitrogen and oxygen atoms in total. The van der Waals surface area contributed by atoms with E-state index in [1.54, 1.807) is 17.4 Å². The summed E-state index contributed by atoms with van der Waals surface area (Å²) in [6.07, 6.45) is 1.81. The Bertz CT molecular complexity index is 511. The van der Waals surface area contributed by atoms with Crippen LogP contribution in [0.3, 0.4) is 0 Å². The van der Waals surface area contributed by atoms with Crippen molar-refractivity contribution in [1.29, 1.82) is 0 Å². The van der Waals surface area contributed by atoms with Gasteiger partial charge in [0.05, 0.1) is 6.04 Å². The van der Waals surface area contributed by atoms with E-state index in [0.717, 1.165) is 16.1 Å². The molecule has 0 bridgehead atoms. The van der Waals surface area contributed by atoms with Gasteiger partial charge in [-0.2, -0.15) is 0 Å². The number of hydrogen-bond donors (Lipinski definition) is 2. The number of aryl methyl sites for hydroxylation is 1. The summed E-state index contributed by atoms with van der Waals surface area (Å²) < 4.78 is 0. The Morgan fingerprint density at radius 1 is 1.28 bits per heavy atom. The summed E-state index contributed by atoms with van der Waals surface area (Å²) in [4.78, 5) is 4.30. The third-order valence-corrected chi connectivity index (χ3v) is 3.93. The molecular weight excluding hydrogens is 244 g/mol. The van der Waals surface area contributed by atoms with Crippen molar-refractivity contribution in [1.82, 2.24) is 10.3 Å². The van der Waals surface area contributed by atoms with Gasteiger partial charge < -0.3 is 10.4 Å². The highest BCUT2D eigenvalue weighted by atomic mass is 32.1. The first kappa shape index (κ1) is 13.1. The van der Waals surface area contributed by atoms with Crippen molar-refractivity contribution in [3.8, 4) is 5.75 Å². The van der Waals surface area contributed by atoms with Crippen LogP contribution in [-0.2, 0) is 0 Å². The number of aromatic nitrogens is 1. The first-order chi connectivity index (χ1) is 8.58. The third-order valence-electron chi connectivity index (χ3n) is 2.97. The molecule has 0 fully saturated rings. The lowest BCUT2D eigenvalue weighted by Crippen LogP contribution is -2.22. The average molecular weight is 262 g/mol. The van der Waals surface area contributed by atoms with Crippen LogP contribution in [0.25, 0.3) is 0 Å². The van der Waals surface area contributed by atoms with Crippen LogP contribution in [0.2, 0.25) is 0 Å². The topological polar surface area (TPSA) is 45.1 Å². The number of aromatic hydroxyl groups is 1. The van der Waals surface area contributed by atoms with Gasteiger partial charge in [-0.1, -0.05) is 17.7 Å². The Balaban J connectivity index is 2.12. The Kier molecular flexibility index (Phi) is 3.99. The fourth-order valence-electron chi connectivity index (χ4n) is 2.01. The molecule has 0 saturated heterocycles. The quantitative estimate of drug-likeness (QED) is 0.885. The zero-order chi connectivity index (χ0) is 13.1. The fraction of sp³-hybridized carbons (Fsp3) is 0.357. The van der Waals surface area contributed by atoms with Crippen molar-refractivity contribution in [3.63, 3.8) is 0 Å². The first-order valence-corrected chi connectivity index (χ1v) is 6.91. The molecule has 2 unspecified atom stereocenters. The van der Waals surface area contributed by atoms with Crippen molar-refractivity contribution in [2.45, 2.75) is 32.9 Å². The molecule has 0 saturated carbocycles. The Morgan fingerprint density at radius 3 is 2.72 bits per heavy atom. The zero-order valence-electron chi connectivity index (χ0n) is 10.8. The lowest BCUT2D eigenvalue weighted by Gasteiger charge is -2.20. The van der Waals surface area contributed by atoms with Crippen molar-refractivity contribution < 1.29 is 5.11 Å². The third kappa shape index (κ3) is 2.89. The molecule has 1 heterocycles. The van der Waals surface area contributed by atoms with Crippen LogP contribution >= 0.6 is 11.3 Å². The number of thiazole rings is 1. The van der Waals surface area contributed by atoms with Crippen LogP contribution in [0, 0.1) is 6.92 Å². The lowest BCUT2D eigenvalue weighted by atomic mass is 10.0. The molecule has 0 aliphatic rings. The highest BCUT2D eigenvalue weighted by Crippen LogP contribution is 2.27. The maximum Gasteiger partial charge on any atom is 0.120 e. The highest BCUT2D eigenvalue weighted by molar-refractivity contribution is 7.09. The molecule has 1 aromatic carbocycles. The maximum atomic E-state index is 9.90. The minimum absolute atomic E-state index is 0.0869. The fourth-order valence-corrected chi connectivity index (χ4v) is 2.66. The number of benzene rings is 1. The average Bonchev–Trinajstić information content (AvgIpc) is 2.85. The van der Waals surface area contributed by atoms with Crippen molar-refractivity contribution in [3.05, 3.63) is 45.9 Å². The summed E-state index contributed by atoms with van der Waals surface area (Å²) in [6, 6.07) is 5.94. The SMILES string of the molecule is Cc1ccc(O)c(C(C)NC(C)c2nccs2)c1. The summed E-state index contributed by atoms with van der Waals surface area (Å²) >= 11 is 1.64. The van der Waals surface area contributed by atoms with Crippen LogP contribution in [0.4, 0.5) is 0 Å². The second-order valence-corrected chi connectivity index (χ2v) is 5.47. The molecule has 2 atom stereocenters. The van der Waals surface area contributed by atoms with Gasteiger partial charge in [0.1, 0.15) is 10.8 Å². The number of nitrogens with one attached hydrogen (secondary N) is 1. The van der Waals surface area contributed by atoms with E-state index in [2.05, 4.69) is 24.1 Å². The number of rotatable bonds is 4. The molecule has 96 valence electrons. The van der Waals surface area contributed by atoms with Gasteiger partial charge in [-0.05, 0) is 26.8 Å². The minimum atomic E-state index is 0.0869. The van der Waals surface area contributed by atoms with Gasteiger partial charge in [0.25, 0.3) is 0 Å². The Morgan fingerprint density at radius 2 is 2.06 bits per heavy atom. The molecule has 0 aliphatic carbocycles. The Labute approximate surface area is 112 Å². The summed E-state index contributed by atoms with van der Waals surface area (Å²) in [5, 5.41) is 16.4. The van der Waals surface area contributed by atoms with Crippen molar-refractivity contribution in [2.75, 3.05) is 0 Å². The van der Waals surface area contributed by atoms with Gasteiger partial charge in [-0.25, -0.2) is 4.98 Å². The largest absolute Gasteiger partial charge is 0.508 e.